The maximum Gasteiger partial charge on any atom is 0.316 e. The third-order valence-electron chi connectivity index (χ3n) is 0.289. The second kappa shape index (κ2) is 3.49. The lowest BCUT2D eigenvalue weighted by Crippen LogP contribution is -2.23. The van der Waals surface area contributed by atoms with Gasteiger partial charge in [-0.25, -0.2) is 4.79 Å². The van der Waals surface area contributed by atoms with Crippen molar-refractivity contribution in [2.75, 3.05) is 0 Å². The lowest BCUT2D eigenvalue weighted by Gasteiger charge is -1.84. The highest BCUT2D eigenvalue weighted by atomic mass is 35.5. The first-order chi connectivity index (χ1) is 3.27. The zero-order valence-corrected chi connectivity index (χ0v) is 4.27. The van der Waals surface area contributed by atoms with E-state index in [-0.39, 0.29) is 0 Å². The summed E-state index contributed by atoms with van der Waals surface area (Å²) in [6.45, 7) is 0. The van der Waals surface area contributed by atoms with Gasteiger partial charge in [-0.3, -0.25) is 0 Å². The third kappa shape index (κ3) is 5.30. The van der Waals surface area contributed by atoms with Crippen LogP contribution < -0.4 is 11.1 Å². The number of amides is 2. The van der Waals surface area contributed by atoms with Crippen LogP contribution in [0.1, 0.15) is 0 Å². The molecule has 0 aliphatic carbocycles. The Kier molecular flexibility index (Phi) is 3.14. The van der Waals surface area contributed by atoms with Crippen LogP contribution in [-0.2, 0) is 0 Å². The molecule has 0 rings (SSSR count). The highest BCUT2D eigenvalue weighted by molar-refractivity contribution is 6.25. The Labute approximate surface area is 46.1 Å². The summed E-state index contributed by atoms with van der Waals surface area (Å²) in [4.78, 5) is 9.76. The van der Waals surface area contributed by atoms with Crippen molar-refractivity contribution in [1.29, 1.82) is 0 Å². The zero-order valence-electron chi connectivity index (χ0n) is 3.52. The molecule has 0 aliphatic heterocycles. The van der Waals surface area contributed by atoms with Gasteiger partial charge in [-0.05, 0) is 0 Å². The number of primary amides is 1. The fraction of sp³-hybridized carbons (Fsp3) is 0. The summed E-state index contributed by atoms with van der Waals surface area (Å²) >= 11 is 4.99. The predicted molar refractivity (Wildman–Crippen MR) is 27.7 cm³/mol. The van der Waals surface area contributed by atoms with Crippen molar-refractivity contribution in [2.45, 2.75) is 0 Å². The highest BCUT2D eigenvalue weighted by Crippen LogP contribution is 1.70. The van der Waals surface area contributed by atoms with E-state index in [0.29, 0.717) is 0 Å². The van der Waals surface area contributed by atoms with Crippen LogP contribution in [-0.4, -0.2) is 6.03 Å². The van der Waals surface area contributed by atoms with Gasteiger partial charge in [-0.2, -0.15) is 0 Å². The molecule has 0 fully saturated rings. The molecule has 0 bridgehead atoms. The van der Waals surface area contributed by atoms with Crippen molar-refractivity contribution in [3.05, 3.63) is 11.7 Å². The Bertz CT molecular complexity index is 90.9. The number of nitrogens with one attached hydrogen (secondary N) is 1. The summed E-state index contributed by atoms with van der Waals surface area (Å²) < 4.78 is 0. The molecule has 0 saturated heterocycles. The van der Waals surface area contributed by atoms with Gasteiger partial charge in [-0.1, -0.05) is 11.6 Å². The highest BCUT2D eigenvalue weighted by Gasteiger charge is 1.78. The molecule has 3 nitrogen and oxygen atoms in total. The summed E-state index contributed by atoms with van der Waals surface area (Å²) in [7, 11) is 0. The summed E-state index contributed by atoms with van der Waals surface area (Å²) in [6.07, 6.45) is 1.24. The Morgan fingerprint density at radius 1 is 1.86 bits per heavy atom. The van der Waals surface area contributed by atoms with Crippen LogP contribution in [0.25, 0.3) is 0 Å². The van der Waals surface area contributed by atoms with Gasteiger partial charge in [0.05, 0.1) is 0 Å². The number of hydrogen-bond donors (Lipinski definition) is 2. The largest absolute Gasteiger partial charge is 0.351 e. The van der Waals surface area contributed by atoms with Crippen molar-refractivity contribution in [2.24, 2.45) is 5.73 Å². The molecule has 7 heavy (non-hydrogen) atoms. The first kappa shape index (κ1) is 6.30. The Morgan fingerprint density at radius 3 is 2.57 bits per heavy atom. The number of carbonyl (C=O) groups excluding carboxylic acids is 1. The SMILES string of the molecule is NC(=O)N/C=C\Cl. The molecule has 40 valence electrons. The molecule has 0 saturated carbocycles. The van der Waals surface area contributed by atoms with E-state index in [2.05, 4.69) is 11.1 Å². The third-order valence-corrected chi connectivity index (χ3v) is 0.415. The van der Waals surface area contributed by atoms with Crippen LogP contribution in [0.4, 0.5) is 4.79 Å². The second-order valence-electron chi connectivity index (χ2n) is 0.801. The average Bonchev–Trinajstić information content (AvgIpc) is 1.61. The van der Waals surface area contributed by atoms with Crippen LogP contribution in [0.15, 0.2) is 11.7 Å². The lowest BCUT2D eigenvalue weighted by molar-refractivity contribution is 0.252. The molecule has 0 unspecified atom stereocenters. The molecule has 3 N–H and O–H groups in total. The van der Waals surface area contributed by atoms with Gasteiger partial charge in [0.2, 0.25) is 0 Å². The van der Waals surface area contributed by atoms with E-state index in [4.69, 9.17) is 11.6 Å². The topological polar surface area (TPSA) is 55.1 Å². The predicted octanol–water partition coefficient (Wildman–Crippen LogP) is 0.365. The molecule has 0 aliphatic rings. The minimum Gasteiger partial charge on any atom is -0.351 e. The van der Waals surface area contributed by atoms with E-state index in [0.717, 1.165) is 5.54 Å². The van der Waals surface area contributed by atoms with Crippen LogP contribution in [0, 0.1) is 0 Å². The summed E-state index contributed by atoms with van der Waals surface area (Å²) in [5, 5.41) is 2.12. The number of urea groups is 1. The quantitative estimate of drug-likeness (QED) is 0.516. The summed E-state index contributed by atoms with van der Waals surface area (Å²) in [5.41, 5.74) is 5.78. The van der Waals surface area contributed by atoms with E-state index >= 15 is 0 Å². The molecule has 4 heteroatoms. The van der Waals surface area contributed by atoms with Gasteiger partial charge in [0.25, 0.3) is 0 Å². The fourth-order valence-corrected chi connectivity index (χ4v) is 0.177. The van der Waals surface area contributed by atoms with Crippen LogP contribution in [0.2, 0.25) is 0 Å². The summed E-state index contributed by atoms with van der Waals surface area (Å²) in [5.74, 6) is 0. The second-order valence-corrected chi connectivity index (χ2v) is 1.05. The monoisotopic (exact) mass is 120 g/mol. The minimum atomic E-state index is -0.614. The van der Waals surface area contributed by atoms with Crippen LogP contribution in [0.5, 0.6) is 0 Å². The maximum atomic E-state index is 9.76. The average molecular weight is 121 g/mol. The van der Waals surface area contributed by atoms with Gasteiger partial charge >= 0.3 is 6.03 Å². The number of halogens is 1. The van der Waals surface area contributed by atoms with E-state index < -0.39 is 6.03 Å². The molecule has 0 spiro atoms. The van der Waals surface area contributed by atoms with E-state index in [1.54, 1.807) is 0 Å². The summed E-state index contributed by atoms with van der Waals surface area (Å²) in [6, 6.07) is -0.614. The first-order valence-corrected chi connectivity index (χ1v) is 2.02. The minimum absolute atomic E-state index is 0.614. The zero-order chi connectivity index (χ0) is 5.70. The van der Waals surface area contributed by atoms with Crippen LogP contribution >= 0.6 is 11.6 Å². The van der Waals surface area contributed by atoms with Crippen molar-refractivity contribution < 1.29 is 4.79 Å². The van der Waals surface area contributed by atoms with Gasteiger partial charge in [0, 0.05) is 11.7 Å². The van der Waals surface area contributed by atoms with Crippen molar-refractivity contribution in [3.8, 4) is 0 Å². The smallest absolute Gasteiger partial charge is 0.316 e. The molecule has 0 aromatic carbocycles. The van der Waals surface area contributed by atoms with Gasteiger partial charge in [0.15, 0.2) is 0 Å². The molecule has 0 aromatic rings. The standard InChI is InChI=1S/C3H5ClN2O/c4-1-2-6-3(5)7/h1-2H,(H3,5,6,7)/b2-1-. The number of hydrogen-bond acceptors (Lipinski definition) is 1. The number of rotatable bonds is 1. The molecule has 0 radical (unpaired) electrons. The normalized spacial score (nSPS) is 9.29. The van der Waals surface area contributed by atoms with Gasteiger partial charge in [-0.15, -0.1) is 0 Å². The Morgan fingerprint density at radius 2 is 2.43 bits per heavy atom. The van der Waals surface area contributed by atoms with Crippen molar-refractivity contribution in [3.63, 3.8) is 0 Å². The molecule has 0 heterocycles. The Hall–Kier alpha value is -0.700. The molecule has 0 aromatic heterocycles. The lowest BCUT2D eigenvalue weighted by atomic mass is 10.9. The Balaban J connectivity index is 3.14. The number of nitrogens with two attached hydrogens (primary N) is 1. The molecule has 0 atom stereocenters. The van der Waals surface area contributed by atoms with E-state index in [1.807, 2.05) is 0 Å². The molecular weight excluding hydrogens is 115 g/mol. The van der Waals surface area contributed by atoms with E-state index in [9.17, 15) is 4.79 Å². The van der Waals surface area contributed by atoms with Crippen molar-refractivity contribution >= 4 is 17.6 Å². The number of carbonyl (C=O) groups is 1. The maximum absolute atomic E-state index is 9.76. The van der Waals surface area contributed by atoms with Gasteiger partial charge < -0.3 is 11.1 Å². The fourth-order valence-electron chi connectivity index (χ4n) is 0.114. The van der Waals surface area contributed by atoms with Crippen molar-refractivity contribution in [1.82, 2.24) is 5.32 Å². The molecule has 2 amide bonds. The van der Waals surface area contributed by atoms with Crippen LogP contribution in [0.3, 0.4) is 0 Å². The first-order valence-electron chi connectivity index (χ1n) is 1.58. The van der Waals surface area contributed by atoms with E-state index in [1.165, 1.54) is 6.20 Å². The van der Waals surface area contributed by atoms with Gasteiger partial charge in [0.1, 0.15) is 0 Å². The molecular formula is C3H5ClN2O.